The lowest BCUT2D eigenvalue weighted by molar-refractivity contribution is -0.119. The van der Waals surface area contributed by atoms with E-state index in [2.05, 4.69) is 15.6 Å². The Balaban J connectivity index is 1.32. The summed E-state index contributed by atoms with van der Waals surface area (Å²) in [6.45, 7) is 3.75. The molecule has 25 heavy (non-hydrogen) atoms. The van der Waals surface area contributed by atoms with Crippen molar-refractivity contribution in [3.8, 4) is 0 Å². The van der Waals surface area contributed by atoms with E-state index in [0.717, 1.165) is 47.0 Å². The van der Waals surface area contributed by atoms with Crippen LogP contribution in [0.25, 0.3) is 0 Å². The van der Waals surface area contributed by atoms with Gasteiger partial charge in [-0.25, -0.2) is 9.78 Å². The molecule has 4 aliphatic rings. The van der Waals surface area contributed by atoms with Crippen LogP contribution in [0.2, 0.25) is 0 Å². The van der Waals surface area contributed by atoms with Crippen LogP contribution in [0.3, 0.4) is 0 Å². The van der Waals surface area contributed by atoms with Gasteiger partial charge in [0.15, 0.2) is 4.34 Å². The molecule has 1 atom stereocenters. The molecule has 0 radical (unpaired) electrons. The zero-order valence-corrected chi connectivity index (χ0v) is 16.3. The van der Waals surface area contributed by atoms with Crippen molar-refractivity contribution >= 4 is 35.0 Å². The van der Waals surface area contributed by atoms with Crippen molar-refractivity contribution in [2.45, 2.75) is 67.5 Å². The molecule has 7 heteroatoms. The van der Waals surface area contributed by atoms with Crippen molar-refractivity contribution in [1.29, 1.82) is 0 Å². The minimum atomic E-state index is -0.340. The van der Waals surface area contributed by atoms with E-state index in [9.17, 15) is 9.59 Å². The zero-order chi connectivity index (χ0) is 17.6. The maximum atomic E-state index is 12.4. The quantitative estimate of drug-likeness (QED) is 0.782. The minimum absolute atomic E-state index is 0.0675. The molecule has 0 spiro atoms. The number of amides is 3. The topological polar surface area (TPSA) is 71.1 Å². The number of aryl methyl sites for hydroxylation is 1. The average molecular weight is 380 g/mol. The monoisotopic (exact) mass is 379 g/mol. The molecule has 4 aliphatic carbocycles. The maximum Gasteiger partial charge on any atom is 0.321 e. The molecule has 4 bridgehead atoms. The molecule has 4 fully saturated rings. The summed E-state index contributed by atoms with van der Waals surface area (Å²) in [7, 11) is 0. The van der Waals surface area contributed by atoms with E-state index in [0.29, 0.717) is 0 Å². The van der Waals surface area contributed by atoms with Gasteiger partial charge in [-0.2, -0.15) is 0 Å². The molecule has 4 saturated carbocycles. The summed E-state index contributed by atoms with van der Waals surface area (Å²) in [6, 6.07) is -0.324. The van der Waals surface area contributed by atoms with Gasteiger partial charge in [0.1, 0.15) is 0 Å². The van der Waals surface area contributed by atoms with Crippen LogP contribution in [-0.2, 0) is 4.79 Å². The van der Waals surface area contributed by atoms with Crippen LogP contribution >= 0.6 is 23.1 Å². The van der Waals surface area contributed by atoms with Crippen LogP contribution in [0.1, 0.15) is 51.1 Å². The molecule has 1 heterocycles. The molecular weight excluding hydrogens is 354 g/mol. The van der Waals surface area contributed by atoms with Crippen LogP contribution < -0.4 is 10.6 Å². The number of thiazole rings is 1. The Morgan fingerprint density at radius 1 is 1.24 bits per heavy atom. The molecule has 0 aliphatic heterocycles. The van der Waals surface area contributed by atoms with Gasteiger partial charge >= 0.3 is 6.03 Å². The summed E-state index contributed by atoms with van der Waals surface area (Å²) < 4.78 is 0.863. The lowest BCUT2D eigenvalue weighted by atomic mass is 9.53. The van der Waals surface area contributed by atoms with Gasteiger partial charge in [-0.05, 0) is 70.1 Å². The maximum absolute atomic E-state index is 12.4. The van der Waals surface area contributed by atoms with E-state index in [-0.39, 0.29) is 22.7 Å². The van der Waals surface area contributed by atoms with Gasteiger partial charge in [-0.3, -0.25) is 10.1 Å². The summed E-state index contributed by atoms with van der Waals surface area (Å²) in [6.07, 6.45) is 7.27. The van der Waals surface area contributed by atoms with Gasteiger partial charge in [-0.15, -0.1) is 11.3 Å². The Hall–Kier alpha value is -1.08. The second kappa shape index (κ2) is 6.58. The number of carbonyl (C=O) groups excluding carboxylic acids is 2. The summed E-state index contributed by atoms with van der Waals surface area (Å²) in [4.78, 5) is 29.1. The Morgan fingerprint density at radius 2 is 1.84 bits per heavy atom. The molecule has 0 aromatic carbocycles. The predicted molar refractivity (Wildman–Crippen MR) is 99.7 cm³/mol. The largest absolute Gasteiger partial charge is 0.332 e. The van der Waals surface area contributed by atoms with E-state index in [1.807, 2.05) is 19.2 Å². The second-order valence-electron chi connectivity index (χ2n) is 8.16. The predicted octanol–water partition coefficient (Wildman–Crippen LogP) is 3.73. The first-order chi connectivity index (χ1) is 11.9. The molecule has 1 unspecified atom stereocenters. The van der Waals surface area contributed by atoms with E-state index in [1.165, 1.54) is 42.4 Å². The van der Waals surface area contributed by atoms with Gasteiger partial charge in [0.05, 0.1) is 5.25 Å². The van der Waals surface area contributed by atoms with Crippen molar-refractivity contribution in [2.24, 2.45) is 17.8 Å². The summed E-state index contributed by atoms with van der Waals surface area (Å²) in [5.74, 6) is 2.06. The number of nitrogens with zero attached hydrogens (tertiary/aromatic N) is 1. The highest BCUT2D eigenvalue weighted by atomic mass is 32.2. The van der Waals surface area contributed by atoms with Crippen LogP contribution in [-0.4, -0.2) is 27.7 Å². The van der Waals surface area contributed by atoms with Gasteiger partial charge in [0, 0.05) is 16.6 Å². The molecule has 1 aromatic heterocycles. The Bertz CT molecular complexity index is 652. The molecule has 5 nitrogen and oxygen atoms in total. The number of rotatable bonds is 4. The first kappa shape index (κ1) is 17.3. The van der Waals surface area contributed by atoms with Gasteiger partial charge in [-0.1, -0.05) is 11.8 Å². The normalized spacial score (nSPS) is 33.9. The third-order valence-electron chi connectivity index (χ3n) is 5.90. The van der Waals surface area contributed by atoms with Crippen molar-refractivity contribution in [3.63, 3.8) is 0 Å². The number of carbonyl (C=O) groups is 2. The Labute approximate surface area is 156 Å². The molecule has 0 saturated heterocycles. The van der Waals surface area contributed by atoms with Crippen LogP contribution in [0.15, 0.2) is 9.72 Å². The lowest BCUT2D eigenvalue weighted by Crippen LogP contribution is -2.62. The van der Waals surface area contributed by atoms with Crippen molar-refractivity contribution in [2.75, 3.05) is 0 Å². The van der Waals surface area contributed by atoms with Crippen LogP contribution in [0.5, 0.6) is 0 Å². The SMILES string of the molecule is Cc1csc(SC(C)C(=O)NC(=O)NC23CC4CC(CC(C4)C2)C3)n1. The number of urea groups is 1. The highest BCUT2D eigenvalue weighted by Crippen LogP contribution is 2.55. The van der Waals surface area contributed by atoms with Gasteiger partial charge < -0.3 is 5.32 Å². The molecule has 5 rings (SSSR count). The first-order valence-electron chi connectivity index (χ1n) is 9.12. The zero-order valence-electron chi connectivity index (χ0n) is 14.7. The number of hydrogen-bond acceptors (Lipinski definition) is 5. The van der Waals surface area contributed by atoms with E-state index in [1.54, 1.807) is 0 Å². The van der Waals surface area contributed by atoms with E-state index in [4.69, 9.17) is 0 Å². The molecule has 136 valence electrons. The fourth-order valence-electron chi connectivity index (χ4n) is 5.34. The van der Waals surface area contributed by atoms with Crippen molar-refractivity contribution < 1.29 is 9.59 Å². The first-order valence-corrected chi connectivity index (χ1v) is 10.9. The minimum Gasteiger partial charge on any atom is -0.332 e. The fraction of sp³-hybridized carbons (Fsp3) is 0.722. The molecule has 1 aromatic rings. The summed E-state index contributed by atoms with van der Waals surface area (Å²) >= 11 is 2.93. The smallest absolute Gasteiger partial charge is 0.321 e. The average Bonchev–Trinajstić information content (AvgIpc) is 2.90. The van der Waals surface area contributed by atoms with Gasteiger partial charge in [0.2, 0.25) is 5.91 Å². The van der Waals surface area contributed by atoms with Crippen LogP contribution in [0.4, 0.5) is 4.79 Å². The number of hydrogen-bond donors (Lipinski definition) is 2. The van der Waals surface area contributed by atoms with E-state index >= 15 is 0 Å². The molecular formula is C18H25N3O2S2. The Kier molecular flexibility index (Phi) is 4.56. The standard InChI is InChI=1S/C18H25N3O2S2/c1-10-9-24-17(19-10)25-11(2)15(22)20-16(23)21-18-6-12-3-13(7-18)5-14(4-12)8-18/h9,11-14H,3-8H2,1-2H3,(H2,20,21,22,23). The summed E-state index contributed by atoms with van der Waals surface area (Å²) in [5.41, 5.74) is 0.890. The van der Waals surface area contributed by atoms with Crippen molar-refractivity contribution in [1.82, 2.24) is 15.6 Å². The Morgan fingerprint density at radius 3 is 2.36 bits per heavy atom. The number of nitrogens with one attached hydrogen (secondary N) is 2. The molecule has 2 N–H and O–H groups in total. The highest BCUT2D eigenvalue weighted by molar-refractivity contribution is 8.02. The van der Waals surface area contributed by atoms with Crippen molar-refractivity contribution in [3.05, 3.63) is 11.1 Å². The van der Waals surface area contributed by atoms with E-state index < -0.39 is 0 Å². The number of thioether (sulfide) groups is 1. The second-order valence-corrected chi connectivity index (χ2v) is 10.6. The number of aromatic nitrogens is 1. The highest BCUT2D eigenvalue weighted by Gasteiger charge is 2.51. The third-order valence-corrected chi connectivity index (χ3v) is 8.09. The third kappa shape index (κ3) is 3.72. The number of imide groups is 1. The van der Waals surface area contributed by atoms with Gasteiger partial charge in [0.25, 0.3) is 0 Å². The lowest BCUT2D eigenvalue weighted by Gasteiger charge is -2.56. The van der Waals surface area contributed by atoms with Crippen LogP contribution in [0, 0.1) is 24.7 Å². The summed E-state index contributed by atoms with van der Waals surface area (Å²) in [5, 5.41) is 7.36. The fourth-order valence-corrected chi connectivity index (χ4v) is 7.33. The molecule has 3 amide bonds.